The third-order valence-electron chi connectivity index (χ3n) is 10.2. The molecule has 1 saturated heterocycles. The number of hydrogen-bond acceptors (Lipinski definition) is 6. The zero-order valence-electron chi connectivity index (χ0n) is 18.9. The molecule has 0 aromatic rings. The first-order valence-corrected chi connectivity index (χ1v) is 12.4. The number of rotatable bonds is 5. The van der Waals surface area contributed by atoms with Gasteiger partial charge in [0.2, 0.25) is 0 Å². The number of aliphatic hydroxyl groups is 1. The summed E-state index contributed by atoms with van der Waals surface area (Å²) in [5.74, 6) is 3.39. The summed E-state index contributed by atoms with van der Waals surface area (Å²) in [5, 5.41) is 12.4. The van der Waals surface area contributed by atoms with Crippen LogP contribution in [0.2, 0.25) is 0 Å². The number of fused-ring (bicyclic) bond motifs is 5. The first kappa shape index (κ1) is 21.3. The Balaban J connectivity index is 1.35. The molecule has 8 atom stereocenters. The summed E-state index contributed by atoms with van der Waals surface area (Å²) in [6.07, 6.45) is 10.1. The molecular formula is C24H41N3O3. The molecule has 4 aliphatic carbocycles. The Hall–Kier alpha value is -0.530. The summed E-state index contributed by atoms with van der Waals surface area (Å²) >= 11 is 0. The minimum atomic E-state index is -0.118. The minimum absolute atomic E-state index is 0.118. The van der Waals surface area contributed by atoms with Crippen molar-refractivity contribution >= 4 is 5.78 Å². The van der Waals surface area contributed by atoms with Crippen molar-refractivity contribution in [3.8, 4) is 0 Å². The van der Waals surface area contributed by atoms with Gasteiger partial charge in [-0.2, -0.15) is 5.53 Å². The molecule has 170 valence electrons. The van der Waals surface area contributed by atoms with Crippen molar-refractivity contribution in [3.05, 3.63) is 0 Å². The summed E-state index contributed by atoms with van der Waals surface area (Å²) in [7, 11) is 1.86. The van der Waals surface area contributed by atoms with E-state index >= 15 is 0 Å². The molecule has 30 heavy (non-hydrogen) atoms. The van der Waals surface area contributed by atoms with Crippen LogP contribution in [0.1, 0.15) is 64.7 Å². The molecule has 4 saturated carbocycles. The lowest BCUT2D eigenvalue weighted by Crippen LogP contribution is -2.57. The SMILES string of the molecule is COC[C@]12CC[C@@H](O)CC1CC[C@@H]1C2CC[C@]2(C)[C@@H](C(=O)CN3CCNN3)CC[C@@H]12. The molecule has 1 heterocycles. The molecule has 0 spiro atoms. The van der Waals surface area contributed by atoms with E-state index in [9.17, 15) is 9.90 Å². The van der Waals surface area contributed by atoms with Crippen molar-refractivity contribution < 1.29 is 14.6 Å². The highest BCUT2D eigenvalue weighted by Gasteiger charge is 2.62. The second kappa shape index (κ2) is 8.11. The fourth-order valence-corrected chi connectivity index (χ4v) is 8.94. The van der Waals surface area contributed by atoms with E-state index in [2.05, 4.69) is 17.9 Å². The van der Waals surface area contributed by atoms with E-state index in [1.165, 1.54) is 32.1 Å². The number of ketones is 1. The maximum Gasteiger partial charge on any atom is 0.151 e. The topological polar surface area (TPSA) is 73.8 Å². The molecule has 0 aromatic carbocycles. The molecule has 5 fully saturated rings. The molecule has 6 heteroatoms. The van der Waals surface area contributed by atoms with E-state index in [1.807, 2.05) is 12.1 Å². The van der Waals surface area contributed by atoms with Crippen molar-refractivity contribution in [2.75, 3.05) is 33.4 Å². The molecule has 0 bridgehead atoms. The lowest BCUT2D eigenvalue weighted by atomic mass is 9.44. The van der Waals surface area contributed by atoms with E-state index in [-0.39, 0.29) is 22.9 Å². The van der Waals surface area contributed by atoms with Gasteiger partial charge in [-0.1, -0.05) is 6.92 Å². The van der Waals surface area contributed by atoms with Crippen molar-refractivity contribution in [2.45, 2.75) is 70.8 Å². The van der Waals surface area contributed by atoms with Gasteiger partial charge >= 0.3 is 0 Å². The Morgan fingerprint density at radius 3 is 2.77 bits per heavy atom. The number of nitrogens with one attached hydrogen (secondary N) is 2. The normalized spacial score (nSPS) is 48.8. The lowest BCUT2D eigenvalue weighted by molar-refractivity contribution is -0.161. The Bertz CT molecular complexity index is 654. The summed E-state index contributed by atoms with van der Waals surface area (Å²) < 4.78 is 5.84. The van der Waals surface area contributed by atoms with Gasteiger partial charge in [0.05, 0.1) is 19.3 Å². The minimum Gasteiger partial charge on any atom is -0.393 e. The maximum atomic E-state index is 13.3. The third-order valence-corrected chi connectivity index (χ3v) is 10.2. The number of Topliss-reactive ketones (excluding diaryl/α,β-unsaturated/α-hetero) is 1. The Morgan fingerprint density at radius 1 is 1.13 bits per heavy atom. The van der Waals surface area contributed by atoms with Crippen molar-refractivity contribution in [3.63, 3.8) is 0 Å². The Labute approximate surface area is 181 Å². The van der Waals surface area contributed by atoms with Crippen LogP contribution < -0.4 is 11.0 Å². The molecule has 0 radical (unpaired) electrons. The third kappa shape index (κ3) is 3.29. The number of ether oxygens (including phenoxy) is 1. The number of carbonyl (C=O) groups is 1. The summed E-state index contributed by atoms with van der Waals surface area (Å²) in [4.78, 5) is 13.3. The maximum absolute atomic E-state index is 13.3. The van der Waals surface area contributed by atoms with Crippen LogP contribution in [0.25, 0.3) is 0 Å². The van der Waals surface area contributed by atoms with Crippen LogP contribution in [0.15, 0.2) is 0 Å². The summed E-state index contributed by atoms with van der Waals surface area (Å²) in [6.45, 7) is 5.63. The molecule has 2 unspecified atom stereocenters. The second-order valence-electron chi connectivity index (χ2n) is 11.3. The van der Waals surface area contributed by atoms with Gasteiger partial charge in [0.25, 0.3) is 0 Å². The first-order valence-electron chi connectivity index (χ1n) is 12.4. The van der Waals surface area contributed by atoms with Crippen LogP contribution >= 0.6 is 0 Å². The van der Waals surface area contributed by atoms with E-state index in [0.717, 1.165) is 51.3 Å². The predicted octanol–water partition coefficient (Wildman–Crippen LogP) is 2.53. The lowest BCUT2D eigenvalue weighted by Gasteiger charge is -2.61. The van der Waals surface area contributed by atoms with Crippen LogP contribution in [0.4, 0.5) is 0 Å². The van der Waals surface area contributed by atoms with E-state index in [0.29, 0.717) is 30.1 Å². The van der Waals surface area contributed by atoms with Gasteiger partial charge in [-0.05, 0) is 92.3 Å². The Kier molecular flexibility index (Phi) is 5.76. The molecule has 0 aromatic heterocycles. The van der Waals surface area contributed by atoms with Crippen molar-refractivity contribution in [1.82, 2.24) is 16.0 Å². The molecule has 6 nitrogen and oxygen atoms in total. The van der Waals surface area contributed by atoms with E-state index in [4.69, 9.17) is 4.74 Å². The van der Waals surface area contributed by atoms with Crippen LogP contribution in [0, 0.1) is 40.4 Å². The Morgan fingerprint density at radius 2 is 2.00 bits per heavy atom. The quantitative estimate of drug-likeness (QED) is 0.636. The number of hydrazine groups is 2. The van der Waals surface area contributed by atoms with Crippen LogP contribution in [-0.4, -0.2) is 55.4 Å². The van der Waals surface area contributed by atoms with E-state index in [1.54, 1.807) is 0 Å². The largest absolute Gasteiger partial charge is 0.393 e. The van der Waals surface area contributed by atoms with Crippen LogP contribution in [0.3, 0.4) is 0 Å². The smallest absolute Gasteiger partial charge is 0.151 e. The molecular weight excluding hydrogens is 378 g/mol. The monoisotopic (exact) mass is 419 g/mol. The van der Waals surface area contributed by atoms with Gasteiger partial charge in [0, 0.05) is 26.1 Å². The molecule has 0 amide bonds. The molecule has 5 aliphatic rings. The van der Waals surface area contributed by atoms with Gasteiger partial charge < -0.3 is 9.84 Å². The van der Waals surface area contributed by atoms with Gasteiger partial charge in [-0.15, -0.1) is 0 Å². The standard InChI is InChI=1S/C24H41N3O3/c1-23-9-8-20-18(4-3-16-13-17(28)7-10-24(16,20)15-30-2)19(23)5-6-21(23)22(29)14-27-12-11-25-26-27/h16-21,25-26,28H,3-15H2,1-2H3/t16?,17-,18+,19+,20?,21-,23+,24-/m1/s1. The van der Waals surface area contributed by atoms with Gasteiger partial charge in [-0.25, -0.2) is 10.4 Å². The van der Waals surface area contributed by atoms with E-state index < -0.39 is 0 Å². The molecule has 5 rings (SSSR count). The predicted molar refractivity (Wildman–Crippen MR) is 115 cm³/mol. The number of nitrogens with zero attached hydrogens (tertiary/aromatic N) is 1. The number of aliphatic hydroxyl groups excluding tert-OH is 1. The van der Waals surface area contributed by atoms with Gasteiger partial charge in [0.15, 0.2) is 5.78 Å². The van der Waals surface area contributed by atoms with Crippen LogP contribution in [-0.2, 0) is 9.53 Å². The number of methoxy groups -OCH3 is 1. The fourth-order valence-electron chi connectivity index (χ4n) is 8.94. The number of hydrogen-bond donors (Lipinski definition) is 3. The van der Waals surface area contributed by atoms with Crippen molar-refractivity contribution in [1.29, 1.82) is 0 Å². The second-order valence-corrected chi connectivity index (χ2v) is 11.3. The fraction of sp³-hybridized carbons (Fsp3) is 0.958. The highest BCUT2D eigenvalue weighted by Crippen LogP contribution is 2.67. The average Bonchev–Trinajstić information content (AvgIpc) is 3.35. The highest BCUT2D eigenvalue weighted by molar-refractivity contribution is 5.84. The molecule has 1 aliphatic heterocycles. The zero-order chi connectivity index (χ0) is 20.9. The average molecular weight is 420 g/mol. The summed E-state index contributed by atoms with van der Waals surface area (Å²) in [5.41, 5.74) is 6.66. The number of carbonyl (C=O) groups excluding carboxylic acids is 1. The highest BCUT2D eigenvalue weighted by atomic mass is 16.5. The zero-order valence-corrected chi connectivity index (χ0v) is 18.9. The summed E-state index contributed by atoms with van der Waals surface area (Å²) in [6, 6.07) is 0. The van der Waals surface area contributed by atoms with Crippen molar-refractivity contribution in [2.24, 2.45) is 40.4 Å². The van der Waals surface area contributed by atoms with Gasteiger partial charge in [0.1, 0.15) is 0 Å². The van der Waals surface area contributed by atoms with Gasteiger partial charge in [-0.3, -0.25) is 4.79 Å². The molecule has 3 N–H and O–H groups in total. The van der Waals surface area contributed by atoms with Crippen LogP contribution in [0.5, 0.6) is 0 Å². The first-order chi connectivity index (χ1) is 14.5.